The van der Waals surface area contributed by atoms with Crippen LogP contribution >= 0.6 is 0 Å². The summed E-state index contributed by atoms with van der Waals surface area (Å²) in [4.78, 5) is 13.4. The van der Waals surface area contributed by atoms with Crippen molar-refractivity contribution in [1.82, 2.24) is 15.5 Å². The van der Waals surface area contributed by atoms with Crippen molar-refractivity contribution in [2.24, 2.45) is 0 Å². The van der Waals surface area contributed by atoms with Crippen molar-refractivity contribution in [3.05, 3.63) is 0 Å². The summed E-state index contributed by atoms with van der Waals surface area (Å²) in [5.41, 5.74) is 0. The molecule has 2 heterocycles. The van der Waals surface area contributed by atoms with E-state index in [4.69, 9.17) is 4.74 Å². The number of rotatable bonds is 3. The lowest BCUT2D eigenvalue weighted by Crippen LogP contribution is -2.49. The number of morpholine rings is 1. The van der Waals surface area contributed by atoms with E-state index in [1.165, 1.54) is 0 Å². The second-order valence-corrected chi connectivity index (χ2v) is 4.04. The van der Waals surface area contributed by atoms with E-state index in [2.05, 4.69) is 10.6 Å². The molecular formula is C10H19N3O2. The van der Waals surface area contributed by atoms with Crippen LogP contribution in [-0.4, -0.2) is 62.8 Å². The van der Waals surface area contributed by atoms with Crippen LogP contribution < -0.4 is 10.6 Å². The lowest BCUT2D eigenvalue weighted by Gasteiger charge is -2.30. The Hall–Kier alpha value is -0.650. The molecule has 15 heavy (non-hydrogen) atoms. The van der Waals surface area contributed by atoms with Crippen molar-refractivity contribution in [3.63, 3.8) is 0 Å². The predicted molar refractivity (Wildman–Crippen MR) is 56.7 cm³/mol. The molecule has 0 radical (unpaired) electrons. The molecule has 2 fully saturated rings. The Kier molecular flexibility index (Phi) is 3.94. The van der Waals surface area contributed by atoms with Gasteiger partial charge in [0.05, 0.1) is 19.3 Å². The van der Waals surface area contributed by atoms with E-state index in [0.717, 1.165) is 45.8 Å². The van der Waals surface area contributed by atoms with Crippen molar-refractivity contribution in [1.29, 1.82) is 0 Å². The molecule has 86 valence electrons. The molecule has 2 rings (SSSR count). The van der Waals surface area contributed by atoms with Gasteiger partial charge in [-0.2, -0.15) is 0 Å². The fourth-order valence-corrected chi connectivity index (χ4v) is 1.99. The Morgan fingerprint density at radius 1 is 1.40 bits per heavy atom. The highest BCUT2D eigenvalue weighted by molar-refractivity contribution is 5.78. The highest BCUT2D eigenvalue weighted by Crippen LogP contribution is 2.04. The number of nitrogens with one attached hydrogen (secondary N) is 2. The molecule has 5 heteroatoms. The first-order valence-corrected chi connectivity index (χ1v) is 5.67. The second kappa shape index (κ2) is 5.44. The van der Waals surface area contributed by atoms with Crippen LogP contribution in [0, 0.1) is 0 Å². The van der Waals surface area contributed by atoms with Gasteiger partial charge >= 0.3 is 0 Å². The van der Waals surface area contributed by atoms with E-state index in [0.29, 0.717) is 6.54 Å². The quantitative estimate of drug-likeness (QED) is 0.618. The molecule has 1 atom stereocenters. The number of carbonyl (C=O) groups is 1. The van der Waals surface area contributed by atoms with Crippen LogP contribution in [0.2, 0.25) is 0 Å². The van der Waals surface area contributed by atoms with Gasteiger partial charge in [0.2, 0.25) is 5.91 Å². The predicted octanol–water partition coefficient (Wildman–Crippen LogP) is -1.20. The first kappa shape index (κ1) is 10.9. The van der Waals surface area contributed by atoms with Gasteiger partial charge in [-0.3, -0.25) is 4.79 Å². The summed E-state index contributed by atoms with van der Waals surface area (Å²) in [7, 11) is 0. The molecule has 5 nitrogen and oxygen atoms in total. The summed E-state index contributed by atoms with van der Waals surface area (Å²) < 4.78 is 5.59. The summed E-state index contributed by atoms with van der Waals surface area (Å²) in [5, 5.41) is 6.36. The van der Waals surface area contributed by atoms with Crippen molar-refractivity contribution in [3.8, 4) is 0 Å². The summed E-state index contributed by atoms with van der Waals surface area (Å²) in [6.07, 6.45) is 1.22. The van der Waals surface area contributed by atoms with Crippen molar-refractivity contribution in [2.45, 2.75) is 12.5 Å². The van der Waals surface area contributed by atoms with Crippen molar-refractivity contribution >= 4 is 5.91 Å². The molecule has 2 saturated heterocycles. The molecule has 0 aromatic carbocycles. The van der Waals surface area contributed by atoms with E-state index in [-0.39, 0.29) is 12.0 Å². The third-order valence-electron chi connectivity index (χ3n) is 2.91. The zero-order valence-corrected chi connectivity index (χ0v) is 9.00. The van der Waals surface area contributed by atoms with E-state index in [1.54, 1.807) is 0 Å². The lowest BCUT2D eigenvalue weighted by molar-refractivity contribution is -0.132. The number of piperazine rings is 1. The Balaban J connectivity index is 1.69. The Bertz CT molecular complexity index is 217. The molecule has 0 aliphatic carbocycles. The van der Waals surface area contributed by atoms with Crippen LogP contribution in [0.25, 0.3) is 0 Å². The van der Waals surface area contributed by atoms with Crippen LogP contribution in [0.5, 0.6) is 0 Å². The van der Waals surface area contributed by atoms with Gasteiger partial charge in [0.25, 0.3) is 0 Å². The molecule has 0 aromatic rings. The van der Waals surface area contributed by atoms with E-state index >= 15 is 0 Å². The molecule has 2 aliphatic rings. The van der Waals surface area contributed by atoms with Gasteiger partial charge in [0, 0.05) is 32.7 Å². The van der Waals surface area contributed by atoms with Crippen LogP contribution in [0.4, 0.5) is 0 Å². The molecule has 1 unspecified atom stereocenters. The Morgan fingerprint density at radius 2 is 2.33 bits per heavy atom. The van der Waals surface area contributed by atoms with Crippen LogP contribution in [0.1, 0.15) is 6.42 Å². The standard InChI is InChI=1S/C10H19N3O2/c14-10-8-11-2-5-13(10)4-1-9-7-12-3-6-15-9/h9,11-12H,1-8H2. The van der Waals surface area contributed by atoms with E-state index in [9.17, 15) is 4.79 Å². The zero-order valence-electron chi connectivity index (χ0n) is 9.00. The van der Waals surface area contributed by atoms with E-state index in [1.807, 2.05) is 4.90 Å². The first-order chi connectivity index (χ1) is 7.36. The smallest absolute Gasteiger partial charge is 0.236 e. The van der Waals surface area contributed by atoms with Crippen LogP contribution in [0.15, 0.2) is 0 Å². The summed E-state index contributed by atoms with van der Waals surface area (Å²) in [6, 6.07) is 0. The monoisotopic (exact) mass is 213 g/mol. The maximum atomic E-state index is 11.5. The average molecular weight is 213 g/mol. The molecule has 1 amide bonds. The molecule has 0 spiro atoms. The summed E-state index contributed by atoms with van der Waals surface area (Å²) in [5.74, 6) is 0.213. The SMILES string of the molecule is O=C1CNCCN1CCC1CNCCO1. The molecule has 0 aromatic heterocycles. The van der Waals surface area contributed by atoms with Gasteiger partial charge in [0.15, 0.2) is 0 Å². The van der Waals surface area contributed by atoms with Crippen LogP contribution in [0.3, 0.4) is 0 Å². The largest absolute Gasteiger partial charge is 0.376 e. The van der Waals surface area contributed by atoms with Crippen molar-refractivity contribution in [2.75, 3.05) is 45.9 Å². The second-order valence-electron chi connectivity index (χ2n) is 4.04. The van der Waals surface area contributed by atoms with E-state index < -0.39 is 0 Å². The highest BCUT2D eigenvalue weighted by atomic mass is 16.5. The molecule has 2 aliphatic heterocycles. The number of ether oxygens (including phenoxy) is 1. The number of amides is 1. The third-order valence-corrected chi connectivity index (χ3v) is 2.91. The van der Waals surface area contributed by atoms with Gasteiger partial charge in [-0.1, -0.05) is 0 Å². The number of hydrogen-bond acceptors (Lipinski definition) is 4. The van der Waals surface area contributed by atoms with Gasteiger partial charge < -0.3 is 20.3 Å². The van der Waals surface area contributed by atoms with Crippen LogP contribution in [-0.2, 0) is 9.53 Å². The fourth-order valence-electron chi connectivity index (χ4n) is 1.99. The van der Waals surface area contributed by atoms with Gasteiger partial charge in [-0.25, -0.2) is 0 Å². The Morgan fingerprint density at radius 3 is 3.07 bits per heavy atom. The Labute approximate surface area is 90.1 Å². The minimum absolute atomic E-state index is 0.213. The molecule has 0 bridgehead atoms. The zero-order chi connectivity index (χ0) is 10.5. The molecule has 2 N–H and O–H groups in total. The number of carbonyl (C=O) groups excluding carboxylic acids is 1. The van der Waals surface area contributed by atoms with Gasteiger partial charge in [-0.05, 0) is 6.42 Å². The number of hydrogen-bond donors (Lipinski definition) is 2. The normalized spacial score (nSPS) is 28.1. The van der Waals surface area contributed by atoms with Crippen molar-refractivity contribution < 1.29 is 9.53 Å². The minimum Gasteiger partial charge on any atom is -0.376 e. The highest BCUT2D eigenvalue weighted by Gasteiger charge is 2.20. The maximum absolute atomic E-state index is 11.5. The summed E-state index contributed by atoms with van der Waals surface area (Å²) in [6.45, 7) is 5.72. The summed E-state index contributed by atoms with van der Waals surface area (Å²) >= 11 is 0. The lowest BCUT2D eigenvalue weighted by atomic mass is 10.2. The average Bonchev–Trinajstić information content (AvgIpc) is 2.29. The fraction of sp³-hybridized carbons (Fsp3) is 0.900. The number of nitrogens with zero attached hydrogens (tertiary/aromatic N) is 1. The topological polar surface area (TPSA) is 53.6 Å². The molecular weight excluding hydrogens is 194 g/mol. The van der Waals surface area contributed by atoms with Gasteiger partial charge in [-0.15, -0.1) is 0 Å². The third kappa shape index (κ3) is 3.15. The minimum atomic E-state index is 0.213. The molecule has 0 saturated carbocycles. The van der Waals surface area contributed by atoms with Gasteiger partial charge in [0.1, 0.15) is 0 Å². The first-order valence-electron chi connectivity index (χ1n) is 5.67. The maximum Gasteiger partial charge on any atom is 0.236 e.